The molecule has 1 fully saturated rings. The van der Waals surface area contributed by atoms with E-state index in [2.05, 4.69) is 6.92 Å². The molecule has 0 aromatic heterocycles. The SMILES string of the molecule is CCC1CCCN(C(=O)CN2c3cccc4cccc(c34)S2(=O)=O)C1. The van der Waals surface area contributed by atoms with E-state index < -0.39 is 10.0 Å². The molecule has 4 rings (SSSR count). The molecule has 2 aromatic carbocycles. The summed E-state index contributed by atoms with van der Waals surface area (Å²) in [5.41, 5.74) is 0.616. The first-order chi connectivity index (χ1) is 12.0. The number of carbonyl (C=O) groups is 1. The van der Waals surface area contributed by atoms with Gasteiger partial charge >= 0.3 is 0 Å². The summed E-state index contributed by atoms with van der Waals surface area (Å²) in [4.78, 5) is 14.9. The molecule has 1 unspecified atom stereocenters. The third kappa shape index (κ3) is 2.59. The summed E-state index contributed by atoms with van der Waals surface area (Å²) in [6.07, 6.45) is 3.19. The van der Waals surface area contributed by atoms with Crippen LogP contribution in [0.1, 0.15) is 26.2 Å². The molecule has 0 N–H and O–H groups in total. The van der Waals surface area contributed by atoms with Crippen LogP contribution in [0.4, 0.5) is 5.69 Å². The van der Waals surface area contributed by atoms with Gasteiger partial charge in [0.05, 0.1) is 10.6 Å². The lowest BCUT2D eigenvalue weighted by atomic mass is 9.95. The average Bonchev–Trinajstić information content (AvgIpc) is 2.85. The molecule has 6 heteroatoms. The van der Waals surface area contributed by atoms with Crippen molar-refractivity contribution in [2.75, 3.05) is 23.9 Å². The molecule has 1 atom stereocenters. The van der Waals surface area contributed by atoms with Gasteiger partial charge in [0.1, 0.15) is 6.54 Å². The number of likely N-dealkylation sites (tertiary alicyclic amines) is 1. The zero-order valence-corrected chi connectivity index (χ0v) is 15.1. The topological polar surface area (TPSA) is 57.7 Å². The fourth-order valence-corrected chi connectivity index (χ4v) is 5.64. The predicted molar refractivity (Wildman–Crippen MR) is 98.1 cm³/mol. The minimum Gasteiger partial charge on any atom is -0.341 e. The van der Waals surface area contributed by atoms with Gasteiger partial charge in [0.25, 0.3) is 10.0 Å². The molecule has 2 aliphatic heterocycles. The van der Waals surface area contributed by atoms with Crippen LogP contribution in [-0.2, 0) is 14.8 Å². The molecule has 0 aliphatic carbocycles. The van der Waals surface area contributed by atoms with Gasteiger partial charge in [-0.1, -0.05) is 37.6 Å². The van der Waals surface area contributed by atoms with Crippen LogP contribution in [0.25, 0.3) is 10.8 Å². The number of hydrogen-bond acceptors (Lipinski definition) is 3. The van der Waals surface area contributed by atoms with E-state index in [0.29, 0.717) is 16.5 Å². The van der Waals surface area contributed by atoms with Gasteiger partial charge in [0.15, 0.2) is 0 Å². The van der Waals surface area contributed by atoms with Crippen LogP contribution < -0.4 is 4.31 Å². The Balaban J connectivity index is 1.66. The van der Waals surface area contributed by atoms with Crippen molar-refractivity contribution in [2.24, 2.45) is 5.92 Å². The van der Waals surface area contributed by atoms with E-state index in [0.717, 1.165) is 43.1 Å². The van der Waals surface area contributed by atoms with Crippen LogP contribution >= 0.6 is 0 Å². The molecule has 0 spiro atoms. The number of benzene rings is 2. The zero-order valence-electron chi connectivity index (χ0n) is 14.3. The van der Waals surface area contributed by atoms with Crippen molar-refractivity contribution in [1.29, 1.82) is 0 Å². The second kappa shape index (κ2) is 6.02. The summed E-state index contributed by atoms with van der Waals surface area (Å²) in [6.45, 7) is 3.48. The highest BCUT2D eigenvalue weighted by atomic mass is 32.2. The van der Waals surface area contributed by atoms with Crippen LogP contribution in [0.2, 0.25) is 0 Å². The second-order valence-electron chi connectivity index (χ2n) is 6.90. The van der Waals surface area contributed by atoms with Crippen molar-refractivity contribution in [1.82, 2.24) is 4.90 Å². The summed E-state index contributed by atoms with van der Waals surface area (Å²) in [7, 11) is -3.67. The smallest absolute Gasteiger partial charge is 0.265 e. The molecule has 0 saturated carbocycles. The molecule has 2 aromatic rings. The summed E-state index contributed by atoms with van der Waals surface area (Å²) >= 11 is 0. The molecule has 1 saturated heterocycles. The largest absolute Gasteiger partial charge is 0.341 e. The molecule has 132 valence electrons. The lowest BCUT2D eigenvalue weighted by Gasteiger charge is -2.33. The minimum absolute atomic E-state index is 0.105. The maximum absolute atomic E-state index is 13.0. The Hall–Kier alpha value is -2.08. The first kappa shape index (κ1) is 16.4. The molecule has 2 heterocycles. The summed E-state index contributed by atoms with van der Waals surface area (Å²) < 4.78 is 27.2. The number of nitrogens with zero attached hydrogens (tertiary/aromatic N) is 2. The third-order valence-electron chi connectivity index (χ3n) is 5.41. The number of hydrogen-bond donors (Lipinski definition) is 0. The first-order valence-corrected chi connectivity index (χ1v) is 10.3. The van der Waals surface area contributed by atoms with Crippen molar-refractivity contribution < 1.29 is 13.2 Å². The van der Waals surface area contributed by atoms with Crippen molar-refractivity contribution in [3.8, 4) is 0 Å². The number of amides is 1. The summed E-state index contributed by atoms with van der Waals surface area (Å²) in [5.74, 6) is 0.417. The van der Waals surface area contributed by atoms with E-state index in [-0.39, 0.29) is 12.5 Å². The van der Waals surface area contributed by atoms with Crippen LogP contribution in [0.3, 0.4) is 0 Å². The Bertz CT molecular complexity index is 934. The molecule has 5 nitrogen and oxygen atoms in total. The van der Waals surface area contributed by atoms with Gasteiger partial charge in [0.2, 0.25) is 5.91 Å². The highest BCUT2D eigenvalue weighted by Gasteiger charge is 2.37. The van der Waals surface area contributed by atoms with Crippen LogP contribution in [-0.4, -0.2) is 38.9 Å². The molecule has 2 aliphatic rings. The van der Waals surface area contributed by atoms with Gasteiger partial charge in [0, 0.05) is 18.5 Å². The van der Waals surface area contributed by atoms with Gasteiger partial charge in [-0.2, -0.15) is 0 Å². The Morgan fingerprint density at radius 1 is 1.20 bits per heavy atom. The van der Waals surface area contributed by atoms with E-state index in [9.17, 15) is 13.2 Å². The van der Waals surface area contributed by atoms with E-state index in [1.165, 1.54) is 4.31 Å². The highest BCUT2D eigenvalue weighted by molar-refractivity contribution is 7.93. The third-order valence-corrected chi connectivity index (χ3v) is 7.21. The summed E-state index contributed by atoms with van der Waals surface area (Å²) in [5, 5.41) is 1.61. The fraction of sp³-hybridized carbons (Fsp3) is 0.421. The van der Waals surface area contributed by atoms with Crippen LogP contribution in [0.5, 0.6) is 0 Å². The van der Waals surface area contributed by atoms with E-state index in [1.807, 2.05) is 23.1 Å². The molecular formula is C19H22N2O3S. The highest BCUT2D eigenvalue weighted by Crippen LogP contribution is 2.41. The molecule has 25 heavy (non-hydrogen) atoms. The lowest BCUT2D eigenvalue weighted by molar-refractivity contribution is -0.131. The number of piperidine rings is 1. The Morgan fingerprint density at radius 2 is 1.96 bits per heavy atom. The minimum atomic E-state index is -3.67. The van der Waals surface area contributed by atoms with Crippen molar-refractivity contribution >= 4 is 32.4 Å². The maximum atomic E-state index is 13.0. The van der Waals surface area contributed by atoms with Gasteiger partial charge in [-0.3, -0.25) is 9.10 Å². The number of carbonyl (C=O) groups excluding carboxylic acids is 1. The van der Waals surface area contributed by atoms with E-state index in [1.54, 1.807) is 18.2 Å². The van der Waals surface area contributed by atoms with E-state index >= 15 is 0 Å². The molecule has 1 amide bonds. The second-order valence-corrected chi connectivity index (χ2v) is 8.73. The monoisotopic (exact) mass is 358 g/mol. The Labute approximate surface area is 148 Å². The quantitative estimate of drug-likeness (QED) is 0.847. The lowest BCUT2D eigenvalue weighted by Crippen LogP contribution is -2.45. The fourth-order valence-electron chi connectivity index (χ4n) is 3.98. The Kier molecular flexibility index (Phi) is 3.95. The number of rotatable bonds is 3. The number of sulfonamides is 1. The predicted octanol–water partition coefficient (Wildman–Crippen LogP) is 3.00. The van der Waals surface area contributed by atoms with Crippen molar-refractivity contribution in [2.45, 2.75) is 31.1 Å². The van der Waals surface area contributed by atoms with Gasteiger partial charge < -0.3 is 4.90 Å². The molecular weight excluding hydrogens is 336 g/mol. The van der Waals surface area contributed by atoms with Gasteiger partial charge in [-0.25, -0.2) is 8.42 Å². The standard InChI is InChI=1S/C19H22N2O3S/c1-2-14-6-5-11-20(12-14)18(22)13-21-16-9-3-7-15-8-4-10-17(19(15)16)25(21,23)24/h3-4,7-10,14H,2,5-6,11-13H2,1H3. The van der Waals surface area contributed by atoms with Gasteiger partial charge in [-0.15, -0.1) is 0 Å². The normalized spacial score (nSPS) is 21.7. The molecule has 0 bridgehead atoms. The van der Waals surface area contributed by atoms with E-state index in [4.69, 9.17) is 0 Å². The van der Waals surface area contributed by atoms with Crippen molar-refractivity contribution in [3.63, 3.8) is 0 Å². The summed E-state index contributed by atoms with van der Waals surface area (Å²) in [6, 6.07) is 10.8. The van der Waals surface area contributed by atoms with Gasteiger partial charge in [-0.05, 0) is 36.3 Å². The Morgan fingerprint density at radius 3 is 2.72 bits per heavy atom. The first-order valence-electron chi connectivity index (χ1n) is 8.84. The average molecular weight is 358 g/mol. The van der Waals surface area contributed by atoms with Crippen molar-refractivity contribution in [3.05, 3.63) is 36.4 Å². The maximum Gasteiger partial charge on any atom is 0.265 e. The zero-order chi connectivity index (χ0) is 17.6. The molecule has 0 radical (unpaired) electrons. The van der Waals surface area contributed by atoms with Crippen LogP contribution in [0, 0.1) is 5.92 Å². The number of anilines is 1. The van der Waals surface area contributed by atoms with Crippen LogP contribution in [0.15, 0.2) is 41.3 Å².